The molecule has 1 atom stereocenters. The van der Waals surface area contributed by atoms with Gasteiger partial charge in [0.2, 0.25) is 0 Å². The van der Waals surface area contributed by atoms with Crippen molar-refractivity contribution in [1.82, 2.24) is 25.2 Å². The molecular formula is C21H25N5O3. The molecule has 3 aromatic rings. The highest BCUT2D eigenvalue weighted by Gasteiger charge is 2.19. The number of nitrogens with zero attached hydrogens (tertiary/aromatic N) is 4. The lowest BCUT2D eigenvalue weighted by Gasteiger charge is -2.30. The van der Waals surface area contributed by atoms with E-state index in [-0.39, 0.29) is 11.6 Å². The Kier molecular flexibility index (Phi) is 5.73. The monoisotopic (exact) mass is 395 g/mol. The molecule has 152 valence electrons. The lowest BCUT2D eigenvalue weighted by molar-refractivity contribution is 0.0886. The molecule has 0 saturated heterocycles. The summed E-state index contributed by atoms with van der Waals surface area (Å²) in [7, 11) is 1.81. The minimum absolute atomic E-state index is 0.214. The van der Waals surface area contributed by atoms with E-state index in [1.807, 2.05) is 0 Å². The van der Waals surface area contributed by atoms with Crippen LogP contribution in [-0.2, 0) is 20.0 Å². The molecule has 1 aliphatic heterocycles. The number of aliphatic hydroxyl groups excluding tert-OH is 1. The maximum Gasteiger partial charge on any atom is 0.273 e. The SMILES string of the molecule is Cn1cc(-c2cc(C(=O)NCCC(O)CN3CCc4ccccc4C3)no2)cn1. The van der Waals surface area contributed by atoms with Gasteiger partial charge in [-0.2, -0.15) is 5.10 Å². The number of aromatic nitrogens is 3. The fraction of sp³-hybridized carbons (Fsp3) is 0.381. The molecule has 0 aliphatic carbocycles. The van der Waals surface area contributed by atoms with Gasteiger partial charge in [-0.3, -0.25) is 14.4 Å². The number of hydrogen-bond acceptors (Lipinski definition) is 6. The van der Waals surface area contributed by atoms with Crippen molar-refractivity contribution in [3.8, 4) is 11.3 Å². The highest BCUT2D eigenvalue weighted by atomic mass is 16.5. The summed E-state index contributed by atoms with van der Waals surface area (Å²) >= 11 is 0. The quantitative estimate of drug-likeness (QED) is 0.631. The molecule has 29 heavy (non-hydrogen) atoms. The van der Waals surface area contributed by atoms with Gasteiger partial charge in [0.1, 0.15) is 0 Å². The fourth-order valence-electron chi connectivity index (χ4n) is 3.61. The Morgan fingerprint density at radius 1 is 1.34 bits per heavy atom. The highest BCUT2D eigenvalue weighted by molar-refractivity contribution is 5.93. The first-order valence-corrected chi connectivity index (χ1v) is 9.79. The van der Waals surface area contributed by atoms with Gasteiger partial charge < -0.3 is 14.9 Å². The summed E-state index contributed by atoms with van der Waals surface area (Å²) in [5.74, 6) is 0.177. The Labute approximate surface area is 169 Å². The van der Waals surface area contributed by atoms with E-state index in [0.29, 0.717) is 25.3 Å². The maximum absolute atomic E-state index is 12.3. The van der Waals surface area contributed by atoms with E-state index in [4.69, 9.17) is 4.52 Å². The van der Waals surface area contributed by atoms with Gasteiger partial charge in [-0.1, -0.05) is 29.4 Å². The van der Waals surface area contributed by atoms with Crippen LogP contribution >= 0.6 is 0 Å². The molecule has 1 amide bonds. The maximum atomic E-state index is 12.3. The first-order chi connectivity index (χ1) is 14.1. The van der Waals surface area contributed by atoms with Gasteiger partial charge in [0.25, 0.3) is 5.91 Å². The number of β-amino-alcohol motifs (C(OH)–C–C–N with tert-alkyl or cyclic N) is 1. The molecule has 0 saturated carbocycles. The van der Waals surface area contributed by atoms with Crippen LogP contribution in [0.15, 0.2) is 47.2 Å². The molecule has 0 bridgehead atoms. The minimum Gasteiger partial charge on any atom is -0.392 e. The van der Waals surface area contributed by atoms with Crippen LogP contribution in [0.2, 0.25) is 0 Å². The highest BCUT2D eigenvalue weighted by Crippen LogP contribution is 2.20. The minimum atomic E-state index is -0.496. The van der Waals surface area contributed by atoms with Gasteiger partial charge in [-0.25, -0.2) is 0 Å². The van der Waals surface area contributed by atoms with Crippen molar-refractivity contribution in [3.63, 3.8) is 0 Å². The van der Waals surface area contributed by atoms with Crippen molar-refractivity contribution in [2.45, 2.75) is 25.5 Å². The second kappa shape index (κ2) is 8.59. The van der Waals surface area contributed by atoms with Crippen LogP contribution in [0.1, 0.15) is 28.0 Å². The van der Waals surface area contributed by atoms with Gasteiger partial charge in [0.05, 0.1) is 17.9 Å². The molecule has 0 spiro atoms. The van der Waals surface area contributed by atoms with E-state index in [1.54, 1.807) is 30.2 Å². The largest absolute Gasteiger partial charge is 0.392 e. The normalized spacial score (nSPS) is 15.1. The number of carbonyl (C=O) groups is 1. The summed E-state index contributed by atoms with van der Waals surface area (Å²) in [6, 6.07) is 10.0. The molecule has 1 aromatic carbocycles. The van der Waals surface area contributed by atoms with E-state index in [1.165, 1.54) is 11.1 Å². The van der Waals surface area contributed by atoms with Crippen molar-refractivity contribution in [1.29, 1.82) is 0 Å². The molecule has 3 heterocycles. The number of amides is 1. The number of fused-ring (bicyclic) bond motifs is 1. The van der Waals surface area contributed by atoms with Crippen LogP contribution in [-0.4, -0.2) is 56.6 Å². The van der Waals surface area contributed by atoms with Crippen LogP contribution in [0.5, 0.6) is 0 Å². The fourth-order valence-corrected chi connectivity index (χ4v) is 3.61. The summed E-state index contributed by atoms with van der Waals surface area (Å²) in [6.07, 6.45) is 4.43. The molecule has 0 fully saturated rings. The van der Waals surface area contributed by atoms with Crippen molar-refractivity contribution < 1.29 is 14.4 Å². The van der Waals surface area contributed by atoms with Gasteiger partial charge in [0, 0.05) is 45.5 Å². The Bertz CT molecular complexity index is 980. The van der Waals surface area contributed by atoms with Crippen LogP contribution in [0, 0.1) is 0 Å². The summed E-state index contributed by atoms with van der Waals surface area (Å²) < 4.78 is 6.87. The lowest BCUT2D eigenvalue weighted by atomic mass is 9.99. The summed E-state index contributed by atoms with van der Waals surface area (Å²) in [5.41, 5.74) is 3.70. The van der Waals surface area contributed by atoms with Crippen LogP contribution in [0.25, 0.3) is 11.3 Å². The van der Waals surface area contributed by atoms with Gasteiger partial charge in [0.15, 0.2) is 11.5 Å². The number of nitrogens with one attached hydrogen (secondary N) is 1. The van der Waals surface area contributed by atoms with E-state index < -0.39 is 6.10 Å². The molecule has 2 aromatic heterocycles. The van der Waals surface area contributed by atoms with Crippen molar-refractivity contribution in [3.05, 3.63) is 59.5 Å². The van der Waals surface area contributed by atoms with E-state index in [0.717, 1.165) is 25.1 Å². The van der Waals surface area contributed by atoms with Crippen LogP contribution in [0.4, 0.5) is 0 Å². The third-order valence-corrected chi connectivity index (χ3v) is 5.17. The standard InChI is InChI=1S/C21H25N5O3/c1-25-12-17(11-23-25)20-10-19(24-29-20)21(28)22-8-6-18(27)14-26-9-7-15-4-2-3-5-16(15)13-26/h2-5,10-12,18,27H,6-9,13-14H2,1H3,(H,22,28). The Morgan fingerprint density at radius 2 is 2.17 bits per heavy atom. The Hall–Kier alpha value is -2.97. The Balaban J connectivity index is 1.22. The first kappa shape index (κ1) is 19.4. The molecule has 8 nitrogen and oxygen atoms in total. The van der Waals surface area contributed by atoms with Gasteiger partial charge in [-0.05, 0) is 24.0 Å². The zero-order chi connectivity index (χ0) is 20.2. The topological polar surface area (TPSA) is 96.4 Å². The molecule has 4 rings (SSSR count). The molecular weight excluding hydrogens is 370 g/mol. The van der Waals surface area contributed by atoms with Crippen LogP contribution < -0.4 is 5.32 Å². The number of carbonyl (C=O) groups excluding carboxylic acids is 1. The number of hydrogen-bond donors (Lipinski definition) is 2. The third-order valence-electron chi connectivity index (χ3n) is 5.17. The predicted octanol–water partition coefficient (Wildman–Crippen LogP) is 1.61. The second-order valence-corrected chi connectivity index (χ2v) is 7.43. The second-order valence-electron chi connectivity index (χ2n) is 7.43. The zero-order valence-corrected chi connectivity index (χ0v) is 16.4. The van der Waals surface area contributed by atoms with E-state index in [2.05, 4.69) is 44.7 Å². The summed E-state index contributed by atoms with van der Waals surface area (Å²) in [4.78, 5) is 14.5. The molecule has 0 radical (unpaired) electrons. The number of rotatable bonds is 7. The van der Waals surface area contributed by atoms with Gasteiger partial charge in [-0.15, -0.1) is 0 Å². The summed E-state index contributed by atoms with van der Waals surface area (Å²) in [6.45, 7) is 2.77. The van der Waals surface area contributed by atoms with Crippen molar-refractivity contribution in [2.75, 3.05) is 19.6 Å². The van der Waals surface area contributed by atoms with Crippen molar-refractivity contribution in [2.24, 2.45) is 7.05 Å². The molecule has 1 unspecified atom stereocenters. The van der Waals surface area contributed by atoms with Crippen LogP contribution in [0.3, 0.4) is 0 Å². The molecule has 2 N–H and O–H groups in total. The van der Waals surface area contributed by atoms with Gasteiger partial charge >= 0.3 is 0 Å². The number of aliphatic hydroxyl groups is 1. The van der Waals surface area contributed by atoms with E-state index in [9.17, 15) is 9.90 Å². The zero-order valence-electron chi connectivity index (χ0n) is 16.4. The number of benzene rings is 1. The third kappa shape index (κ3) is 4.72. The molecule has 1 aliphatic rings. The predicted molar refractivity (Wildman–Crippen MR) is 107 cm³/mol. The average Bonchev–Trinajstić information content (AvgIpc) is 3.37. The van der Waals surface area contributed by atoms with E-state index >= 15 is 0 Å². The summed E-state index contributed by atoms with van der Waals surface area (Å²) in [5, 5.41) is 21.0. The van der Waals surface area contributed by atoms with Crippen molar-refractivity contribution >= 4 is 5.91 Å². The number of aryl methyl sites for hydroxylation is 1. The lowest BCUT2D eigenvalue weighted by Crippen LogP contribution is -2.38. The Morgan fingerprint density at radius 3 is 2.97 bits per heavy atom. The smallest absolute Gasteiger partial charge is 0.273 e. The first-order valence-electron chi connectivity index (χ1n) is 9.79. The molecule has 8 heteroatoms. The average molecular weight is 395 g/mol.